The highest BCUT2D eigenvalue weighted by Crippen LogP contribution is 2.49. The summed E-state index contributed by atoms with van der Waals surface area (Å²) >= 11 is 0. The number of carbonyl (C=O) groups is 2. The van der Waals surface area contributed by atoms with Gasteiger partial charge in [-0.3, -0.25) is 4.79 Å². The lowest BCUT2D eigenvalue weighted by Gasteiger charge is -2.22. The third kappa shape index (κ3) is 4.94. The molecule has 3 aromatic carbocycles. The second-order valence-corrected chi connectivity index (χ2v) is 9.60. The van der Waals surface area contributed by atoms with Crippen LogP contribution in [-0.2, 0) is 19.7 Å². The van der Waals surface area contributed by atoms with Crippen LogP contribution in [0.5, 0.6) is 0 Å². The van der Waals surface area contributed by atoms with Crippen molar-refractivity contribution in [3.63, 3.8) is 0 Å². The third-order valence-corrected chi connectivity index (χ3v) is 7.07. The largest absolute Gasteiger partial charge is 0.465 e. The second-order valence-electron chi connectivity index (χ2n) is 9.60. The fraction of sp³-hybridized carbons (Fsp3) is 0.250. The number of anilines is 2. The Bertz CT molecular complexity index is 1580. The number of nitrogens with zero attached hydrogens (tertiary/aromatic N) is 3. The van der Waals surface area contributed by atoms with Crippen LogP contribution in [0, 0.1) is 18.3 Å². The van der Waals surface area contributed by atoms with Gasteiger partial charge in [0.05, 0.1) is 35.9 Å². The molecule has 1 amide bonds. The number of amides is 1. The maximum atomic E-state index is 13.1. The number of hydrogen-bond donors (Lipinski definition) is 0. The fourth-order valence-corrected chi connectivity index (χ4v) is 4.85. The number of carbonyl (C=O) groups excluding carboxylic acids is 2. The van der Waals surface area contributed by atoms with E-state index in [4.69, 9.17) is 14.0 Å². The van der Waals surface area contributed by atoms with Crippen molar-refractivity contribution in [3.05, 3.63) is 89.6 Å². The lowest BCUT2D eigenvalue weighted by atomic mass is 9.93. The van der Waals surface area contributed by atoms with Gasteiger partial charge in [0.2, 0.25) is 0 Å². The summed E-state index contributed by atoms with van der Waals surface area (Å²) in [5, 5.41) is 13.5. The van der Waals surface area contributed by atoms with Gasteiger partial charge >= 0.3 is 12.1 Å². The number of nitriles is 1. The lowest BCUT2D eigenvalue weighted by Crippen LogP contribution is -2.27. The molecule has 1 aromatic heterocycles. The van der Waals surface area contributed by atoms with E-state index in [9.17, 15) is 14.9 Å². The van der Waals surface area contributed by atoms with Gasteiger partial charge in [-0.2, -0.15) is 5.26 Å². The summed E-state index contributed by atoms with van der Waals surface area (Å²) in [7, 11) is 0. The maximum absolute atomic E-state index is 13.1. The number of rotatable bonds is 8. The molecule has 0 radical (unpaired) electrons. The minimum Gasteiger partial charge on any atom is -0.465 e. The molecule has 40 heavy (non-hydrogen) atoms. The Morgan fingerprint density at radius 3 is 2.17 bits per heavy atom. The Hall–Kier alpha value is -4.90. The first kappa shape index (κ1) is 26.7. The summed E-state index contributed by atoms with van der Waals surface area (Å²) in [5.74, 6) is 0.251. The van der Waals surface area contributed by atoms with Gasteiger partial charge in [-0.1, -0.05) is 59.8 Å². The molecule has 8 heteroatoms. The molecule has 1 aliphatic carbocycles. The van der Waals surface area contributed by atoms with Crippen LogP contribution in [-0.4, -0.2) is 30.4 Å². The molecule has 1 fully saturated rings. The van der Waals surface area contributed by atoms with Gasteiger partial charge in [-0.15, -0.1) is 0 Å². The topological polar surface area (TPSA) is 106 Å². The molecule has 0 N–H and O–H groups in total. The van der Waals surface area contributed by atoms with Crippen LogP contribution < -0.4 is 4.90 Å². The molecule has 0 unspecified atom stereocenters. The minimum absolute atomic E-state index is 0.151. The molecule has 1 heterocycles. The van der Waals surface area contributed by atoms with E-state index in [-0.39, 0.29) is 12.6 Å². The summed E-state index contributed by atoms with van der Waals surface area (Å²) < 4.78 is 16.3. The van der Waals surface area contributed by atoms with E-state index >= 15 is 0 Å². The Kier molecular flexibility index (Phi) is 7.39. The molecule has 0 bridgehead atoms. The van der Waals surface area contributed by atoms with Gasteiger partial charge in [-0.05, 0) is 68.5 Å². The summed E-state index contributed by atoms with van der Waals surface area (Å²) in [4.78, 5) is 27.0. The predicted molar refractivity (Wildman–Crippen MR) is 150 cm³/mol. The normalized spacial score (nSPS) is 13.2. The van der Waals surface area contributed by atoms with E-state index in [0.29, 0.717) is 35.0 Å². The summed E-state index contributed by atoms with van der Waals surface area (Å²) in [6.45, 7) is 5.87. The van der Waals surface area contributed by atoms with Crippen molar-refractivity contribution >= 4 is 23.4 Å². The molecule has 202 valence electrons. The molecule has 0 atom stereocenters. The zero-order chi connectivity index (χ0) is 28.3. The number of esters is 1. The molecular formula is C32H29N3O5. The van der Waals surface area contributed by atoms with Gasteiger partial charge in [0.1, 0.15) is 11.4 Å². The number of hydrogen-bond acceptors (Lipinski definition) is 7. The van der Waals surface area contributed by atoms with Crippen molar-refractivity contribution in [2.45, 2.75) is 39.0 Å². The Balaban J connectivity index is 1.45. The quantitative estimate of drug-likeness (QED) is 0.222. The lowest BCUT2D eigenvalue weighted by molar-refractivity contribution is -0.146. The Morgan fingerprint density at radius 1 is 0.950 bits per heavy atom. The standard InChI is InChI=1S/C32H29N3O5/c1-4-38-30(36)32(17-18-32)26-15-13-24(14-16-26)23-9-11-25(12-10-23)29-28(21(3)34-40-29)35(31(37)39-5-2)27-8-6-7-22(19-27)20-33/h6-16,19H,4-5,17-18H2,1-3H3. The predicted octanol–water partition coefficient (Wildman–Crippen LogP) is 7.08. The van der Waals surface area contributed by atoms with Crippen molar-refractivity contribution in [3.8, 4) is 28.5 Å². The molecule has 0 saturated heterocycles. The molecule has 4 aromatic rings. The number of aromatic nitrogens is 1. The summed E-state index contributed by atoms with van der Waals surface area (Å²) in [6, 6.07) is 24.6. The van der Waals surface area contributed by atoms with Crippen molar-refractivity contribution in [2.24, 2.45) is 0 Å². The summed E-state index contributed by atoms with van der Waals surface area (Å²) in [6.07, 6.45) is 1.02. The van der Waals surface area contributed by atoms with E-state index in [1.165, 1.54) is 4.90 Å². The number of benzene rings is 3. The first-order valence-electron chi connectivity index (χ1n) is 13.2. The van der Waals surface area contributed by atoms with E-state index in [1.807, 2.05) is 55.5 Å². The van der Waals surface area contributed by atoms with Gasteiger partial charge in [0.15, 0.2) is 5.76 Å². The molecule has 0 aliphatic heterocycles. The summed E-state index contributed by atoms with van der Waals surface area (Å²) in [5.41, 5.74) is 5.01. The van der Waals surface area contributed by atoms with Crippen LogP contribution in [0.4, 0.5) is 16.2 Å². The third-order valence-electron chi connectivity index (χ3n) is 7.07. The zero-order valence-corrected chi connectivity index (χ0v) is 22.6. The Morgan fingerprint density at radius 2 is 1.57 bits per heavy atom. The van der Waals surface area contributed by atoms with Gasteiger partial charge in [0, 0.05) is 5.56 Å². The molecular weight excluding hydrogens is 506 g/mol. The fourth-order valence-electron chi connectivity index (χ4n) is 4.85. The molecule has 1 saturated carbocycles. The highest BCUT2D eigenvalue weighted by molar-refractivity contribution is 6.00. The average molecular weight is 536 g/mol. The van der Waals surface area contributed by atoms with Crippen molar-refractivity contribution in [1.29, 1.82) is 5.26 Å². The van der Waals surface area contributed by atoms with E-state index in [2.05, 4.69) is 11.2 Å². The monoisotopic (exact) mass is 535 g/mol. The van der Waals surface area contributed by atoms with E-state index in [1.54, 1.807) is 38.1 Å². The Labute approximate surface area is 232 Å². The van der Waals surface area contributed by atoms with Gasteiger partial charge in [-0.25, -0.2) is 9.69 Å². The maximum Gasteiger partial charge on any atom is 0.419 e. The smallest absolute Gasteiger partial charge is 0.419 e. The van der Waals surface area contributed by atoms with Gasteiger partial charge in [0.25, 0.3) is 0 Å². The molecule has 1 aliphatic rings. The second kappa shape index (κ2) is 11.1. The van der Waals surface area contributed by atoms with Crippen molar-refractivity contribution in [1.82, 2.24) is 5.16 Å². The minimum atomic E-state index is -0.599. The average Bonchev–Trinajstić information content (AvgIpc) is 3.72. The first-order chi connectivity index (χ1) is 19.4. The number of ether oxygens (including phenoxy) is 2. The molecule has 5 rings (SSSR count). The zero-order valence-electron chi connectivity index (χ0n) is 22.6. The van der Waals surface area contributed by atoms with Crippen molar-refractivity contribution < 1.29 is 23.6 Å². The van der Waals surface area contributed by atoms with Crippen LogP contribution in [0.1, 0.15) is 43.5 Å². The van der Waals surface area contributed by atoms with E-state index < -0.39 is 11.5 Å². The molecule has 0 spiro atoms. The van der Waals surface area contributed by atoms with Crippen LogP contribution in [0.15, 0.2) is 77.3 Å². The first-order valence-corrected chi connectivity index (χ1v) is 13.2. The van der Waals surface area contributed by atoms with Crippen LogP contribution in [0.3, 0.4) is 0 Å². The highest BCUT2D eigenvalue weighted by Gasteiger charge is 2.52. The SMILES string of the molecule is CCOC(=O)N(c1cccc(C#N)c1)c1c(C)noc1-c1ccc(-c2ccc(C3(C(=O)OCC)CC3)cc2)cc1. The van der Waals surface area contributed by atoms with Crippen molar-refractivity contribution in [2.75, 3.05) is 18.1 Å². The highest BCUT2D eigenvalue weighted by atomic mass is 16.6. The van der Waals surface area contributed by atoms with Crippen LogP contribution in [0.25, 0.3) is 22.5 Å². The van der Waals surface area contributed by atoms with E-state index in [0.717, 1.165) is 35.1 Å². The van der Waals surface area contributed by atoms with Crippen LogP contribution >= 0.6 is 0 Å². The van der Waals surface area contributed by atoms with Gasteiger partial charge < -0.3 is 14.0 Å². The number of aryl methyl sites for hydroxylation is 1. The van der Waals surface area contributed by atoms with Crippen LogP contribution in [0.2, 0.25) is 0 Å². The molecule has 8 nitrogen and oxygen atoms in total.